The van der Waals surface area contributed by atoms with E-state index in [1.165, 1.54) is 0 Å². The highest BCUT2D eigenvalue weighted by molar-refractivity contribution is 7.53. The quantitative estimate of drug-likeness (QED) is 0.382. The van der Waals surface area contributed by atoms with E-state index < -0.39 is 19.5 Å². The molecule has 0 aromatic carbocycles. The molecule has 0 rings (SSSR count). The van der Waals surface area contributed by atoms with Crippen LogP contribution in [-0.2, 0) is 14.1 Å². The van der Waals surface area contributed by atoms with E-state index in [1.807, 2.05) is 0 Å². The third-order valence-corrected chi connectivity index (χ3v) is 1.63. The van der Waals surface area contributed by atoms with Gasteiger partial charge >= 0.3 is 13.6 Å². The molecule has 2 N–H and O–H groups in total. The van der Waals surface area contributed by atoms with Gasteiger partial charge in [0.15, 0.2) is 0 Å². The third-order valence-electron chi connectivity index (χ3n) is 0.833. The molecule has 0 bridgehead atoms. The molecule has 1 unspecified atom stereocenters. The fourth-order valence-electron chi connectivity index (χ4n) is 0.347. The number of ether oxygens (including phenoxy) is 1. The van der Waals surface area contributed by atoms with Gasteiger partial charge in [0.05, 0.1) is 0 Å². The van der Waals surface area contributed by atoms with Crippen LogP contribution in [0.2, 0.25) is 0 Å². The van der Waals surface area contributed by atoms with Gasteiger partial charge in [-0.3, -0.25) is 4.57 Å². The van der Waals surface area contributed by atoms with Crippen molar-refractivity contribution in [2.45, 2.75) is 5.91 Å². The SMILES string of the molecule is C=CCOC(=O)C(F)P(=O)(O)O. The highest BCUT2D eigenvalue weighted by Gasteiger charge is 2.36. The number of alkyl halides is 1. The zero-order chi connectivity index (χ0) is 9.78. The zero-order valence-corrected chi connectivity index (χ0v) is 6.91. The Kier molecular flexibility index (Phi) is 4.09. The van der Waals surface area contributed by atoms with E-state index in [1.54, 1.807) is 0 Å². The summed E-state index contributed by atoms with van der Waals surface area (Å²) in [5.41, 5.74) is 0. The Morgan fingerprint density at radius 1 is 1.75 bits per heavy atom. The van der Waals surface area contributed by atoms with Crippen LogP contribution in [0.4, 0.5) is 4.39 Å². The number of esters is 1. The first kappa shape index (κ1) is 11.3. The second-order valence-electron chi connectivity index (χ2n) is 1.84. The number of carbonyl (C=O) groups is 1. The van der Waals surface area contributed by atoms with Crippen molar-refractivity contribution in [1.29, 1.82) is 0 Å². The summed E-state index contributed by atoms with van der Waals surface area (Å²) < 4.78 is 26.5. The van der Waals surface area contributed by atoms with Crippen molar-refractivity contribution in [2.24, 2.45) is 0 Å². The van der Waals surface area contributed by atoms with Crippen LogP contribution < -0.4 is 0 Å². The van der Waals surface area contributed by atoms with Gasteiger partial charge in [-0.2, -0.15) is 0 Å². The van der Waals surface area contributed by atoms with E-state index in [0.29, 0.717) is 0 Å². The molecule has 0 aliphatic carbocycles. The predicted octanol–water partition coefficient (Wildman–Crippen LogP) is 0.189. The number of halogens is 1. The predicted molar refractivity (Wildman–Crippen MR) is 38.1 cm³/mol. The number of carbonyl (C=O) groups excluding carboxylic acids is 1. The molecule has 0 spiro atoms. The van der Waals surface area contributed by atoms with Gasteiger partial charge in [-0.05, 0) is 0 Å². The van der Waals surface area contributed by atoms with E-state index in [0.717, 1.165) is 6.08 Å². The first-order valence-corrected chi connectivity index (χ1v) is 4.54. The molecule has 0 aromatic heterocycles. The summed E-state index contributed by atoms with van der Waals surface area (Å²) in [5, 5.41) is 0. The van der Waals surface area contributed by atoms with Crippen LogP contribution in [0.5, 0.6) is 0 Å². The number of hydrogen-bond acceptors (Lipinski definition) is 3. The molecule has 1 atom stereocenters. The van der Waals surface area contributed by atoms with Gasteiger partial charge in [0.2, 0.25) is 0 Å². The van der Waals surface area contributed by atoms with Crippen LogP contribution in [-0.4, -0.2) is 28.3 Å². The Balaban J connectivity index is 4.11. The monoisotopic (exact) mass is 198 g/mol. The summed E-state index contributed by atoms with van der Waals surface area (Å²) in [6.07, 6.45) is 1.16. The van der Waals surface area contributed by atoms with E-state index in [2.05, 4.69) is 11.3 Å². The summed E-state index contributed by atoms with van der Waals surface area (Å²) in [6, 6.07) is 0. The van der Waals surface area contributed by atoms with Crippen molar-refractivity contribution in [3.8, 4) is 0 Å². The molecule has 0 aromatic rings. The molecule has 7 heteroatoms. The minimum Gasteiger partial charge on any atom is -0.459 e. The molecular formula is C5H8FO5P. The first-order valence-electron chi connectivity index (χ1n) is 2.86. The van der Waals surface area contributed by atoms with Gasteiger partial charge in [-0.1, -0.05) is 12.7 Å². The first-order chi connectivity index (χ1) is 5.39. The average Bonchev–Trinajstić information content (AvgIpc) is 1.97. The van der Waals surface area contributed by atoms with Crippen molar-refractivity contribution >= 4 is 13.6 Å². The fourth-order valence-corrected chi connectivity index (χ4v) is 0.696. The summed E-state index contributed by atoms with van der Waals surface area (Å²) in [6.45, 7) is 2.88. The zero-order valence-electron chi connectivity index (χ0n) is 6.01. The van der Waals surface area contributed by atoms with Crippen LogP contribution in [0.15, 0.2) is 12.7 Å². The molecule has 0 saturated carbocycles. The largest absolute Gasteiger partial charge is 0.459 e. The molecule has 12 heavy (non-hydrogen) atoms. The molecule has 5 nitrogen and oxygen atoms in total. The molecule has 0 amide bonds. The average molecular weight is 198 g/mol. The van der Waals surface area contributed by atoms with Crippen molar-refractivity contribution in [1.82, 2.24) is 0 Å². The fraction of sp³-hybridized carbons (Fsp3) is 0.400. The number of rotatable bonds is 4. The van der Waals surface area contributed by atoms with Crippen molar-refractivity contribution in [2.75, 3.05) is 6.61 Å². The Morgan fingerprint density at radius 3 is 2.58 bits per heavy atom. The highest BCUT2D eigenvalue weighted by Crippen LogP contribution is 2.42. The maximum atomic E-state index is 12.4. The molecular weight excluding hydrogens is 190 g/mol. The van der Waals surface area contributed by atoms with Crippen molar-refractivity contribution in [3.05, 3.63) is 12.7 Å². The summed E-state index contributed by atoms with van der Waals surface area (Å²) in [4.78, 5) is 26.7. The summed E-state index contributed by atoms with van der Waals surface area (Å²) in [5.74, 6) is -4.49. The Hall–Kier alpha value is -0.710. The normalized spacial score (nSPS) is 13.6. The second kappa shape index (κ2) is 4.35. The Bertz CT molecular complexity index is 222. The van der Waals surface area contributed by atoms with Crippen molar-refractivity contribution in [3.63, 3.8) is 0 Å². The molecule has 70 valence electrons. The van der Waals surface area contributed by atoms with E-state index in [9.17, 15) is 13.8 Å². The van der Waals surface area contributed by atoms with E-state index >= 15 is 0 Å². The second-order valence-corrected chi connectivity index (χ2v) is 3.48. The number of hydrogen-bond donors (Lipinski definition) is 2. The summed E-state index contributed by atoms with van der Waals surface area (Å²) >= 11 is 0. The minimum absolute atomic E-state index is 0.279. The molecule has 0 fully saturated rings. The third kappa shape index (κ3) is 3.61. The lowest BCUT2D eigenvalue weighted by molar-refractivity contribution is -0.145. The lowest BCUT2D eigenvalue weighted by Crippen LogP contribution is -2.18. The molecule has 0 aliphatic heterocycles. The maximum Gasteiger partial charge on any atom is 0.371 e. The van der Waals surface area contributed by atoms with Crippen LogP contribution in [0.1, 0.15) is 0 Å². The van der Waals surface area contributed by atoms with Gasteiger partial charge in [-0.15, -0.1) is 0 Å². The van der Waals surface area contributed by atoms with Crippen LogP contribution in [0.25, 0.3) is 0 Å². The van der Waals surface area contributed by atoms with Gasteiger partial charge in [0.1, 0.15) is 6.61 Å². The van der Waals surface area contributed by atoms with Gasteiger partial charge in [0, 0.05) is 0 Å². The van der Waals surface area contributed by atoms with Gasteiger partial charge in [0.25, 0.3) is 5.91 Å². The standard InChI is InChI=1S/C5H8FO5P/c1-2-3-11-5(7)4(6)12(8,9)10/h2,4H,1,3H2,(H2,8,9,10). The molecule has 0 saturated heterocycles. The maximum absolute atomic E-state index is 12.4. The lowest BCUT2D eigenvalue weighted by Gasteiger charge is -2.07. The Labute approximate surface area is 68.0 Å². The summed E-state index contributed by atoms with van der Waals surface area (Å²) in [7, 11) is -5.03. The van der Waals surface area contributed by atoms with Gasteiger partial charge in [-0.25, -0.2) is 9.18 Å². The highest BCUT2D eigenvalue weighted by atomic mass is 31.2. The van der Waals surface area contributed by atoms with E-state index in [-0.39, 0.29) is 6.61 Å². The topological polar surface area (TPSA) is 83.8 Å². The van der Waals surface area contributed by atoms with E-state index in [4.69, 9.17) is 9.79 Å². The smallest absolute Gasteiger partial charge is 0.371 e. The van der Waals surface area contributed by atoms with Crippen LogP contribution in [0.3, 0.4) is 0 Å². The molecule has 0 aliphatic rings. The van der Waals surface area contributed by atoms with Crippen LogP contribution in [0, 0.1) is 0 Å². The van der Waals surface area contributed by atoms with Crippen LogP contribution >= 0.6 is 7.60 Å². The molecule has 0 heterocycles. The van der Waals surface area contributed by atoms with Gasteiger partial charge < -0.3 is 14.5 Å². The minimum atomic E-state index is -5.03. The van der Waals surface area contributed by atoms with Crippen molar-refractivity contribution < 1.29 is 28.3 Å². The Morgan fingerprint density at radius 2 is 2.25 bits per heavy atom. The molecule has 0 radical (unpaired) electrons. The lowest BCUT2D eigenvalue weighted by atomic mass is 10.7.